The molecule has 15 heavy (non-hydrogen) atoms. The maximum atomic E-state index is 8.89. The normalized spacial score (nSPS) is 26.8. The molecule has 1 fully saturated rings. The topological polar surface area (TPSA) is 20.2 Å². The van der Waals surface area contributed by atoms with Gasteiger partial charge >= 0.3 is 0 Å². The van der Waals surface area contributed by atoms with Crippen LogP contribution in [0.4, 0.5) is 0 Å². The zero-order chi connectivity index (χ0) is 10.7. The van der Waals surface area contributed by atoms with Crippen LogP contribution in [-0.4, -0.2) is 11.7 Å². The molecule has 0 amide bonds. The van der Waals surface area contributed by atoms with Gasteiger partial charge in [0.05, 0.1) is 4.34 Å². The highest BCUT2D eigenvalue weighted by Gasteiger charge is 2.22. The van der Waals surface area contributed by atoms with Gasteiger partial charge in [-0.1, -0.05) is 11.6 Å². The van der Waals surface area contributed by atoms with Gasteiger partial charge in [-0.3, -0.25) is 0 Å². The Hall–Kier alpha value is -0.0500. The van der Waals surface area contributed by atoms with Crippen molar-refractivity contribution in [2.24, 2.45) is 5.92 Å². The number of rotatable bonds is 3. The van der Waals surface area contributed by atoms with Gasteiger partial charge in [-0.05, 0) is 56.1 Å². The number of hydrogen-bond donors (Lipinski definition) is 1. The molecule has 0 atom stereocenters. The molecule has 1 saturated carbocycles. The molecule has 1 aromatic rings. The van der Waals surface area contributed by atoms with E-state index in [4.69, 9.17) is 16.7 Å². The Morgan fingerprint density at radius 2 is 2.00 bits per heavy atom. The maximum absolute atomic E-state index is 8.89. The molecule has 0 aromatic carbocycles. The quantitative estimate of drug-likeness (QED) is 0.850. The van der Waals surface area contributed by atoms with Crippen LogP contribution in [0, 0.1) is 5.92 Å². The summed E-state index contributed by atoms with van der Waals surface area (Å²) in [6.45, 7) is 0.347. The highest BCUT2D eigenvalue weighted by atomic mass is 35.5. The van der Waals surface area contributed by atoms with Crippen molar-refractivity contribution in [3.05, 3.63) is 21.3 Å². The van der Waals surface area contributed by atoms with Gasteiger partial charge in [0.25, 0.3) is 0 Å². The SMILES string of the molecule is OCCC1CCC(c2ccc(Cl)s2)CC1. The van der Waals surface area contributed by atoms with E-state index in [1.54, 1.807) is 11.3 Å². The summed E-state index contributed by atoms with van der Waals surface area (Å²) in [6, 6.07) is 4.17. The summed E-state index contributed by atoms with van der Waals surface area (Å²) >= 11 is 7.67. The lowest BCUT2D eigenvalue weighted by molar-refractivity contribution is 0.223. The largest absolute Gasteiger partial charge is 0.396 e. The smallest absolute Gasteiger partial charge is 0.0931 e. The van der Waals surface area contributed by atoms with Crippen LogP contribution in [0.2, 0.25) is 4.34 Å². The number of aliphatic hydroxyl groups is 1. The minimum Gasteiger partial charge on any atom is -0.396 e. The van der Waals surface area contributed by atoms with Crippen molar-refractivity contribution < 1.29 is 5.11 Å². The van der Waals surface area contributed by atoms with Gasteiger partial charge in [0.1, 0.15) is 0 Å². The first-order chi connectivity index (χ1) is 7.29. The summed E-state index contributed by atoms with van der Waals surface area (Å²) in [4.78, 5) is 1.45. The average Bonchev–Trinajstić information content (AvgIpc) is 2.67. The molecule has 1 aromatic heterocycles. The lowest BCUT2D eigenvalue weighted by Crippen LogP contribution is -2.13. The monoisotopic (exact) mass is 244 g/mol. The molecule has 0 unspecified atom stereocenters. The van der Waals surface area contributed by atoms with Gasteiger partial charge in [-0.15, -0.1) is 11.3 Å². The second-order valence-corrected chi connectivity index (χ2v) is 6.12. The van der Waals surface area contributed by atoms with Crippen molar-refractivity contribution in [2.45, 2.75) is 38.0 Å². The van der Waals surface area contributed by atoms with Crippen LogP contribution in [-0.2, 0) is 0 Å². The number of aliphatic hydroxyl groups excluding tert-OH is 1. The first-order valence-electron chi connectivity index (χ1n) is 5.65. The molecule has 1 aliphatic carbocycles. The Kier molecular flexibility index (Phi) is 4.06. The third-order valence-electron chi connectivity index (χ3n) is 3.38. The van der Waals surface area contributed by atoms with E-state index in [0.29, 0.717) is 6.61 Å². The second kappa shape index (κ2) is 5.33. The van der Waals surface area contributed by atoms with Crippen molar-refractivity contribution in [2.75, 3.05) is 6.61 Å². The highest BCUT2D eigenvalue weighted by molar-refractivity contribution is 7.16. The summed E-state index contributed by atoms with van der Waals surface area (Å²) in [5.41, 5.74) is 0. The molecule has 84 valence electrons. The number of thiophene rings is 1. The van der Waals surface area contributed by atoms with Gasteiger partial charge in [0.2, 0.25) is 0 Å². The summed E-state index contributed by atoms with van der Waals surface area (Å²) < 4.78 is 0.905. The predicted octanol–water partition coefficient (Wildman–Crippen LogP) is 4.06. The van der Waals surface area contributed by atoms with E-state index < -0.39 is 0 Å². The van der Waals surface area contributed by atoms with Crippen LogP contribution >= 0.6 is 22.9 Å². The van der Waals surface area contributed by atoms with Gasteiger partial charge in [0, 0.05) is 11.5 Å². The van der Waals surface area contributed by atoms with Crippen molar-refractivity contribution in [3.8, 4) is 0 Å². The van der Waals surface area contributed by atoms with Crippen LogP contribution in [0.3, 0.4) is 0 Å². The molecule has 0 aliphatic heterocycles. The molecular weight excluding hydrogens is 228 g/mol. The van der Waals surface area contributed by atoms with E-state index >= 15 is 0 Å². The fraction of sp³-hybridized carbons (Fsp3) is 0.667. The summed E-state index contributed by atoms with van der Waals surface area (Å²) in [5, 5.41) is 8.89. The highest BCUT2D eigenvalue weighted by Crippen LogP contribution is 2.40. The maximum Gasteiger partial charge on any atom is 0.0931 e. The van der Waals surface area contributed by atoms with Crippen molar-refractivity contribution in [1.82, 2.24) is 0 Å². The van der Waals surface area contributed by atoms with Gasteiger partial charge in [0.15, 0.2) is 0 Å². The van der Waals surface area contributed by atoms with E-state index in [0.717, 1.165) is 22.6 Å². The Labute approximate surface area is 100 Å². The van der Waals surface area contributed by atoms with Crippen molar-refractivity contribution in [3.63, 3.8) is 0 Å². The molecule has 0 saturated heterocycles. The summed E-state index contributed by atoms with van der Waals surface area (Å²) in [6.07, 6.45) is 6.04. The van der Waals surface area contributed by atoms with Crippen LogP contribution in [0.15, 0.2) is 12.1 Å². The number of halogens is 1. The lowest BCUT2D eigenvalue weighted by Gasteiger charge is -2.27. The van der Waals surface area contributed by atoms with Crippen LogP contribution in [0.1, 0.15) is 42.9 Å². The molecular formula is C12H17ClOS. The van der Waals surface area contributed by atoms with E-state index in [-0.39, 0.29) is 0 Å². The molecule has 1 nitrogen and oxygen atoms in total. The van der Waals surface area contributed by atoms with E-state index in [2.05, 4.69) is 6.07 Å². The molecule has 0 radical (unpaired) electrons. The molecule has 1 heterocycles. The zero-order valence-electron chi connectivity index (χ0n) is 8.79. The molecule has 1 aliphatic rings. The lowest BCUT2D eigenvalue weighted by atomic mass is 9.80. The third-order valence-corrected chi connectivity index (χ3v) is 4.77. The third kappa shape index (κ3) is 2.96. The fourth-order valence-electron chi connectivity index (χ4n) is 2.47. The average molecular weight is 245 g/mol. The molecule has 1 N–H and O–H groups in total. The minimum atomic E-state index is 0.347. The Morgan fingerprint density at radius 1 is 1.27 bits per heavy atom. The van der Waals surface area contributed by atoms with Gasteiger partial charge in [-0.25, -0.2) is 0 Å². The summed E-state index contributed by atoms with van der Waals surface area (Å²) in [7, 11) is 0. The first kappa shape index (κ1) is 11.4. The van der Waals surface area contributed by atoms with E-state index in [1.807, 2.05) is 6.07 Å². The van der Waals surface area contributed by atoms with Gasteiger partial charge < -0.3 is 5.11 Å². The van der Waals surface area contributed by atoms with E-state index in [1.165, 1.54) is 30.6 Å². The second-order valence-electron chi connectivity index (χ2n) is 4.37. The predicted molar refractivity (Wildman–Crippen MR) is 65.7 cm³/mol. The Morgan fingerprint density at radius 3 is 2.53 bits per heavy atom. The molecule has 2 rings (SSSR count). The van der Waals surface area contributed by atoms with Gasteiger partial charge in [-0.2, -0.15) is 0 Å². The van der Waals surface area contributed by atoms with E-state index in [9.17, 15) is 0 Å². The van der Waals surface area contributed by atoms with Crippen LogP contribution in [0.5, 0.6) is 0 Å². The number of hydrogen-bond acceptors (Lipinski definition) is 2. The Bertz CT molecular complexity index is 302. The summed E-state index contributed by atoms with van der Waals surface area (Å²) in [5.74, 6) is 1.47. The molecule has 3 heteroatoms. The fourth-order valence-corrected chi connectivity index (χ4v) is 3.70. The minimum absolute atomic E-state index is 0.347. The zero-order valence-corrected chi connectivity index (χ0v) is 10.4. The van der Waals surface area contributed by atoms with Crippen molar-refractivity contribution in [1.29, 1.82) is 0 Å². The van der Waals surface area contributed by atoms with Crippen LogP contribution in [0.25, 0.3) is 0 Å². The molecule has 0 spiro atoms. The van der Waals surface area contributed by atoms with Crippen LogP contribution < -0.4 is 0 Å². The molecule has 0 bridgehead atoms. The standard InChI is InChI=1S/C12H17ClOS/c13-12-6-5-11(15-12)10-3-1-9(2-4-10)7-8-14/h5-6,9-10,14H,1-4,7-8H2. The Balaban J connectivity index is 1.88. The van der Waals surface area contributed by atoms with Crippen molar-refractivity contribution >= 4 is 22.9 Å². The first-order valence-corrected chi connectivity index (χ1v) is 6.85.